The van der Waals surface area contributed by atoms with Gasteiger partial charge in [0, 0.05) is 5.56 Å². The first-order chi connectivity index (χ1) is 7.45. The fraction of sp³-hybridized carbons (Fsp3) is 0. The van der Waals surface area contributed by atoms with Gasteiger partial charge >= 0.3 is 0 Å². The Bertz CT molecular complexity index is 565. The Kier molecular flexibility index (Phi) is 1.75. The zero-order chi connectivity index (χ0) is 10.1. The van der Waals surface area contributed by atoms with E-state index in [9.17, 15) is 0 Å². The Balaban J connectivity index is 2.30. The van der Waals surface area contributed by atoms with E-state index in [-0.39, 0.29) is 0 Å². The maximum Gasteiger partial charge on any atom is 0.115 e. The molecule has 3 nitrogen and oxygen atoms in total. The highest BCUT2D eigenvalue weighted by atomic mass is 15.5. The van der Waals surface area contributed by atoms with Crippen LogP contribution in [0.25, 0.3) is 10.8 Å². The van der Waals surface area contributed by atoms with E-state index >= 15 is 0 Å². The van der Waals surface area contributed by atoms with Gasteiger partial charge in [0.2, 0.25) is 0 Å². The molecule has 0 fully saturated rings. The Labute approximate surface area is 87.1 Å². The molecule has 1 heterocycles. The van der Waals surface area contributed by atoms with Gasteiger partial charge in [-0.15, -0.1) is 10.2 Å². The second-order valence-electron chi connectivity index (χ2n) is 3.35. The van der Waals surface area contributed by atoms with Crippen LogP contribution in [0.1, 0.15) is 5.56 Å². The highest BCUT2D eigenvalue weighted by molar-refractivity contribution is 6.41. The lowest BCUT2D eigenvalue weighted by molar-refractivity contribution is 0.813. The van der Waals surface area contributed by atoms with E-state index in [0.29, 0.717) is 0 Å². The largest absolute Gasteiger partial charge is 0.136 e. The van der Waals surface area contributed by atoms with Gasteiger partial charge < -0.3 is 0 Å². The van der Waals surface area contributed by atoms with Crippen LogP contribution in [-0.2, 0) is 0 Å². The van der Waals surface area contributed by atoms with E-state index < -0.39 is 0 Å². The minimum atomic E-state index is 0.826. The zero-order valence-electron chi connectivity index (χ0n) is 7.96. The lowest BCUT2D eigenvalue weighted by atomic mass is 10.0. The molecule has 0 saturated heterocycles. The fourth-order valence-electron chi connectivity index (χ4n) is 1.75. The molecule has 0 unspecified atom stereocenters. The van der Waals surface area contributed by atoms with Crippen molar-refractivity contribution in [2.45, 2.75) is 0 Å². The van der Waals surface area contributed by atoms with Crippen molar-refractivity contribution in [2.75, 3.05) is 0 Å². The molecule has 1 aliphatic rings. The summed E-state index contributed by atoms with van der Waals surface area (Å²) in [7, 11) is 0. The molecule has 15 heavy (non-hydrogen) atoms. The number of rotatable bonds is 1. The maximum atomic E-state index is 3.98. The van der Waals surface area contributed by atoms with Gasteiger partial charge in [0.25, 0.3) is 0 Å². The molecule has 0 bridgehead atoms. The molecular formula is C12H8N3. The SMILES string of the molecule is C1=N[N]N=C1c1cccc2ccccc12. The van der Waals surface area contributed by atoms with Gasteiger partial charge in [0.1, 0.15) is 5.71 Å². The summed E-state index contributed by atoms with van der Waals surface area (Å²) in [5, 5.41) is 10.1. The van der Waals surface area contributed by atoms with Crippen LogP contribution in [0.2, 0.25) is 0 Å². The third kappa shape index (κ3) is 1.29. The number of hydrogen-bond acceptors (Lipinski definition) is 2. The van der Waals surface area contributed by atoms with Crippen LogP contribution in [0.3, 0.4) is 0 Å². The Morgan fingerprint density at radius 3 is 2.60 bits per heavy atom. The summed E-state index contributed by atoms with van der Waals surface area (Å²) in [5.74, 6) is 0. The second-order valence-corrected chi connectivity index (χ2v) is 3.35. The van der Waals surface area contributed by atoms with Gasteiger partial charge in [-0.1, -0.05) is 42.5 Å². The molecule has 1 radical (unpaired) electrons. The normalized spacial score (nSPS) is 14.0. The van der Waals surface area contributed by atoms with Crippen LogP contribution in [0.4, 0.5) is 0 Å². The standard InChI is InChI=1S/C12H8N3/c1-2-6-10-9(4-1)5-3-7-11(10)12-8-13-15-14-12/h1-8H. The van der Waals surface area contributed by atoms with Gasteiger partial charge in [-0.3, -0.25) is 0 Å². The van der Waals surface area contributed by atoms with E-state index in [1.54, 1.807) is 6.21 Å². The quantitative estimate of drug-likeness (QED) is 0.667. The van der Waals surface area contributed by atoms with Crippen molar-refractivity contribution in [3.63, 3.8) is 0 Å². The number of benzene rings is 2. The molecule has 0 spiro atoms. The lowest BCUT2D eigenvalue weighted by Crippen LogP contribution is -1.99. The minimum Gasteiger partial charge on any atom is -0.136 e. The van der Waals surface area contributed by atoms with Crippen LogP contribution in [-0.4, -0.2) is 11.9 Å². The van der Waals surface area contributed by atoms with Crippen molar-refractivity contribution in [1.82, 2.24) is 5.53 Å². The predicted molar refractivity (Wildman–Crippen MR) is 61.1 cm³/mol. The summed E-state index contributed by atoms with van der Waals surface area (Å²) in [6.07, 6.45) is 1.68. The van der Waals surface area contributed by atoms with Crippen molar-refractivity contribution < 1.29 is 0 Å². The van der Waals surface area contributed by atoms with Gasteiger partial charge in [0.05, 0.1) is 6.21 Å². The Hall–Kier alpha value is -2.16. The zero-order valence-corrected chi connectivity index (χ0v) is 7.96. The van der Waals surface area contributed by atoms with Crippen LogP contribution in [0.15, 0.2) is 52.7 Å². The molecule has 2 aromatic rings. The molecule has 0 N–H and O–H groups in total. The third-order valence-electron chi connectivity index (χ3n) is 2.45. The molecule has 71 valence electrons. The summed E-state index contributed by atoms with van der Waals surface area (Å²) in [5.41, 5.74) is 5.51. The van der Waals surface area contributed by atoms with E-state index in [4.69, 9.17) is 0 Å². The fourth-order valence-corrected chi connectivity index (χ4v) is 1.75. The first kappa shape index (κ1) is 8.17. The first-order valence-electron chi connectivity index (χ1n) is 4.74. The van der Waals surface area contributed by atoms with Crippen LogP contribution >= 0.6 is 0 Å². The van der Waals surface area contributed by atoms with Gasteiger partial charge in [-0.05, 0) is 16.3 Å². The van der Waals surface area contributed by atoms with E-state index in [1.165, 1.54) is 10.8 Å². The van der Waals surface area contributed by atoms with E-state index in [1.807, 2.05) is 24.3 Å². The first-order valence-corrected chi connectivity index (χ1v) is 4.74. The lowest BCUT2D eigenvalue weighted by Gasteiger charge is -2.02. The van der Waals surface area contributed by atoms with Gasteiger partial charge in [-0.25, -0.2) is 0 Å². The molecule has 0 atom stereocenters. The predicted octanol–water partition coefficient (Wildman–Crippen LogP) is 2.15. The minimum absolute atomic E-state index is 0.826. The molecule has 0 saturated carbocycles. The number of hydrogen-bond donors (Lipinski definition) is 0. The molecule has 3 rings (SSSR count). The third-order valence-corrected chi connectivity index (χ3v) is 2.45. The summed E-state index contributed by atoms with van der Waals surface area (Å²) < 4.78 is 0. The average molecular weight is 194 g/mol. The summed E-state index contributed by atoms with van der Waals surface area (Å²) in [6.45, 7) is 0. The molecule has 0 amide bonds. The molecule has 0 aromatic heterocycles. The summed E-state index contributed by atoms with van der Waals surface area (Å²) >= 11 is 0. The molecule has 2 aromatic carbocycles. The van der Waals surface area contributed by atoms with Crippen LogP contribution in [0, 0.1) is 0 Å². The van der Waals surface area contributed by atoms with Gasteiger partial charge in [0.15, 0.2) is 0 Å². The smallest absolute Gasteiger partial charge is 0.115 e. The molecule has 1 aliphatic heterocycles. The van der Waals surface area contributed by atoms with Crippen molar-refractivity contribution in [3.05, 3.63) is 48.0 Å². The van der Waals surface area contributed by atoms with Crippen molar-refractivity contribution in [3.8, 4) is 0 Å². The Morgan fingerprint density at radius 2 is 1.73 bits per heavy atom. The Morgan fingerprint density at radius 1 is 0.867 bits per heavy atom. The summed E-state index contributed by atoms with van der Waals surface area (Å²) in [4.78, 5) is 0. The second kappa shape index (κ2) is 3.20. The van der Waals surface area contributed by atoms with Crippen molar-refractivity contribution >= 4 is 22.7 Å². The highest BCUT2D eigenvalue weighted by Crippen LogP contribution is 2.19. The van der Waals surface area contributed by atoms with Crippen molar-refractivity contribution in [1.29, 1.82) is 0 Å². The number of nitrogens with zero attached hydrogens (tertiary/aromatic N) is 3. The highest BCUT2D eigenvalue weighted by Gasteiger charge is 2.08. The number of fused-ring (bicyclic) bond motifs is 1. The summed E-state index contributed by atoms with van der Waals surface area (Å²) in [6, 6.07) is 14.4. The van der Waals surface area contributed by atoms with Crippen LogP contribution in [0.5, 0.6) is 0 Å². The average Bonchev–Trinajstić information content (AvgIpc) is 2.82. The van der Waals surface area contributed by atoms with Crippen LogP contribution < -0.4 is 5.53 Å². The van der Waals surface area contributed by atoms with Gasteiger partial charge in [-0.2, -0.15) is 0 Å². The monoisotopic (exact) mass is 194 g/mol. The topological polar surface area (TPSA) is 38.8 Å². The maximum absolute atomic E-state index is 3.98. The van der Waals surface area contributed by atoms with E-state index in [0.717, 1.165) is 11.3 Å². The molecule has 3 heteroatoms. The van der Waals surface area contributed by atoms with Crippen molar-refractivity contribution in [2.24, 2.45) is 10.2 Å². The molecular weight excluding hydrogens is 186 g/mol. The van der Waals surface area contributed by atoms with E-state index in [2.05, 4.69) is 33.9 Å². The molecule has 0 aliphatic carbocycles.